The molecular weight excluding hydrogens is 482 g/mol. The maximum Gasteiger partial charge on any atom is 0 e. The summed E-state index contributed by atoms with van der Waals surface area (Å²) in [6, 6.07) is 0. The second-order valence-electron chi connectivity index (χ2n) is 0.214. The van der Waals surface area contributed by atoms with Crippen LogP contribution in [0.15, 0.2) is 0 Å². The number of hydrogen-bond acceptors (Lipinski definition) is 0. The minimum atomic E-state index is -5.16. The van der Waals surface area contributed by atoms with E-state index in [1.54, 1.807) is 0 Å². The van der Waals surface area contributed by atoms with E-state index in [2.05, 4.69) is 0 Å². The van der Waals surface area contributed by atoms with Crippen molar-refractivity contribution in [1.29, 1.82) is 0 Å². The van der Waals surface area contributed by atoms with Crippen LogP contribution in [0.25, 0.3) is 0 Å². The van der Waals surface area contributed by atoms with Crippen molar-refractivity contribution in [2.75, 3.05) is 0 Å². The van der Waals surface area contributed by atoms with Crippen LogP contribution in [0.4, 0.5) is 2.73 Å². The zero-order valence-electron chi connectivity index (χ0n) is 2.71. The summed E-state index contributed by atoms with van der Waals surface area (Å²) in [4.78, 5) is 0. The molecule has 0 aliphatic carbocycles. The zero-order chi connectivity index (χ0) is 3.58. The molecule has 32 valence electrons. The molecule has 0 aliphatic rings. The minimum absolute atomic E-state index is 0. The van der Waals surface area contributed by atoms with E-state index < -0.39 is 37.9 Å². The summed E-state index contributed by atoms with van der Waals surface area (Å²) in [6.45, 7) is 0. The smallest absolute Gasteiger partial charge is 0 e. The van der Waals surface area contributed by atoms with Gasteiger partial charge in [-0.2, -0.15) is 0 Å². The van der Waals surface area contributed by atoms with Gasteiger partial charge in [0.25, 0.3) is 0 Å². The van der Waals surface area contributed by atoms with Gasteiger partial charge in [-0.05, 0) is 0 Å². The molecule has 0 saturated carbocycles. The standard InChI is InChI=1S/Ce.3FH.Nd.Pr/h;3*1H;;/q+3;;;;;/p-3. The number of halogens is 3. The quantitative estimate of drug-likeness (QED) is 0.488. The van der Waals surface area contributed by atoms with E-state index in [0.717, 1.165) is 0 Å². The van der Waals surface area contributed by atoms with Crippen LogP contribution in [-0.2, 0) is 0 Å². The van der Waals surface area contributed by atoms with Crippen molar-refractivity contribution in [1.82, 2.24) is 0 Å². The normalized spacial score (nSPS) is 4.50. The predicted molar refractivity (Wildman–Crippen MR) is 3.32 cm³/mol. The fraction of sp³-hybridized carbons (Fsp3) is 0. The van der Waals surface area contributed by atoms with Crippen molar-refractivity contribution in [2.45, 2.75) is 0 Å². The molecule has 0 bridgehead atoms. The second kappa shape index (κ2) is 11.6. The maximum atomic E-state index is 9.88. The third-order valence-corrected chi connectivity index (χ3v) is 0. The Morgan fingerprint density at radius 3 is 1.00 bits per heavy atom. The van der Waals surface area contributed by atoms with E-state index in [1.165, 1.54) is 0 Å². The summed E-state index contributed by atoms with van der Waals surface area (Å²) < 4.78 is 29.6. The van der Waals surface area contributed by atoms with E-state index >= 15 is 0 Å². The summed E-state index contributed by atoms with van der Waals surface area (Å²) in [5.74, 6) is 0. The topological polar surface area (TPSA) is 0 Å². The van der Waals surface area contributed by atoms with E-state index in [9.17, 15) is 2.73 Å². The molecule has 6 heavy (non-hydrogen) atoms. The van der Waals surface area contributed by atoms with E-state index in [0.29, 0.717) is 0 Å². The molecule has 0 aromatic heterocycles. The monoisotopic (exact) mass is 480 g/mol. The Labute approximate surface area is 119 Å². The summed E-state index contributed by atoms with van der Waals surface area (Å²) >= 11 is -5.16. The molecule has 0 unspecified atom stereocenters. The molecule has 0 heterocycles. The molecule has 0 aliphatic heterocycles. The molecule has 0 aromatic carbocycles. The Morgan fingerprint density at radius 1 is 1.00 bits per heavy atom. The number of rotatable bonds is 0. The van der Waals surface area contributed by atoms with E-state index in [4.69, 9.17) is 0 Å². The Balaban J connectivity index is -0.0000000450. The number of hydrogen-bond donors (Lipinski definition) is 0. The molecule has 0 atom stereocenters. The molecular formula is CeF3NdPr. The molecule has 0 aromatic rings. The fourth-order valence-corrected chi connectivity index (χ4v) is 0. The van der Waals surface area contributed by atoms with E-state index in [-0.39, 0.29) is 82.1 Å². The van der Waals surface area contributed by atoms with Gasteiger partial charge in [-0.3, -0.25) is 0 Å². The Morgan fingerprint density at radius 2 is 1.00 bits per heavy atom. The van der Waals surface area contributed by atoms with Crippen LogP contribution in [-0.4, -0.2) is 0 Å². The van der Waals surface area contributed by atoms with E-state index in [1.807, 2.05) is 0 Å². The van der Waals surface area contributed by atoms with Crippen LogP contribution in [0.1, 0.15) is 0 Å². The van der Waals surface area contributed by atoms with Crippen LogP contribution in [0, 0.1) is 120 Å². The zero-order valence-corrected chi connectivity index (χ0v) is 12.8. The molecule has 0 N–H and O–H groups in total. The summed E-state index contributed by atoms with van der Waals surface area (Å²) in [5.41, 5.74) is 0. The van der Waals surface area contributed by atoms with Gasteiger partial charge in [-0.25, -0.2) is 0 Å². The van der Waals surface area contributed by atoms with Gasteiger partial charge in [0.15, 0.2) is 0 Å². The second-order valence-corrected chi connectivity index (χ2v) is 1.56. The molecule has 0 spiro atoms. The van der Waals surface area contributed by atoms with Crippen molar-refractivity contribution < 1.29 is 123 Å². The summed E-state index contributed by atoms with van der Waals surface area (Å²) in [7, 11) is 0. The van der Waals surface area contributed by atoms with Gasteiger partial charge in [0.2, 0.25) is 0 Å². The van der Waals surface area contributed by atoms with Gasteiger partial charge in [0, 0.05) is 82.1 Å². The Kier molecular flexibility index (Phi) is 32.0. The first kappa shape index (κ1) is 16.5. The molecule has 0 nitrogen and oxygen atoms in total. The van der Waals surface area contributed by atoms with Crippen LogP contribution < -0.4 is 0 Å². The summed E-state index contributed by atoms with van der Waals surface area (Å²) in [5, 5.41) is 0. The molecule has 0 rings (SSSR count). The largest absolute Gasteiger partial charge is 0 e. The van der Waals surface area contributed by atoms with Crippen molar-refractivity contribution in [3.05, 3.63) is 0 Å². The first-order valence-corrected chi connectivity index (χ1v) is 4.13. The van der Waals surface area contributed by atoms with Crippen LogP contribution in [0.3, 0.4) is 0 Å². The van der Waals surface area contributed by atoms with Gasteiger partial charge >= 0.3 is 40.7 Å². The average Bonchev–Trinajstić information content (AvgIpc) is 0.811. The Hall–Kier alpha value is 3.88. The fourth-order valence-electron chi connectivity index (χ4n) is 0. The summed E-state index contributed by atoms with van der Waals surface area (Å²) in [6.07, 6.45) is 0. The van der Waals surface area contributed by atoms with Crippen molar-refractivity contribution in [3.8, 4) is 0 Å². The van der Waals surface area contributed by atoms with Crippen LogP contribution >= 0.6 is 0 Å². The maximum absolute atomic E-state index is 9.88. The van der Waals surface area contributed by atoms with Crippen molar-refractivity contribution >= 4 is 0 Å². The third kappa shape index (κ3) is 24.8. The van der Waals surface area contributed by atoms with Gasteiger partial charge in [0.1, 0.15) is 0 Å². The van der Waals surface area contributed by atoms with Crippen molar-refractivity contribution in [3.63, 3.8) is 0 Å². The minimum Gasteiger partial charge on any atom is 0 e. The first-order valence-electron chi connectivity index (χ1n) is 0.567. The van der Waals surface area contributed by atoms with Crippen molar-refractivity contribution in [2.24, 2.45) is 0 Å². The molecule has 6 heteroatoms. The average molecular weight is 482 g/mol. The SMILES string of the molecule is [F][Ce]([F])[F].[Nd].[Pr]. The van der Waals surface area contributed by atoms with Gasteiger partial charge in [0.05, 0.1) is 0 Å². The van der Waals surface area contributed by atoms with Gasteiger partial charge in [-0.1, -0.05) is 0 Å². The molecule has 0 fully saturated rings. The molecule has 0 saturated heterocycles. The van der Waals surface area contributed by atoms with Gasteiger partial charge < -0.3 is 0 Å². The molecule has 1 radical (unpaired) electrons. The Bertz CT molecular complexity index is 15.5. The van der Waals surface area contributed by atoms with Crippen LogP contribution in [0.5, 0.6) is 0 Å². The molecule has 0 amide bonds. The third-order valence-electron chi connectivity index (χ3n) is 0. The van der Waals surface area contributed by atoms with Crippen LogP contribution in [0.2, 0.25) is 0 Å². The predicted octanol–water partition coefficient (Wildman–Crippen LogP) is 1.26. The first-order chi connectivity index (χ1) is 1.73. The van der Waals surface area contributed by atoms with Gasteiger partial charge in [-0.15, -0.1) is 0 Å².